The second kappa shape index (κ2) is 9.18. The van der Waals surface area contributed by atoms with Crippen molar-refractivity contribution in [1.29, 1.82) is 0 Å². The molecule has 2 heterocycles. The smallest absolute Gasteiger partial charge is 0.243 e. The molecule has 0 bridgehead atoms. The molecule has 1 aromatic carbocycles. The van der Waals surface area contributed by atoms with Crippen LogP contribution in [-0.2, 0) is 14.8 Å². The van der Waals surface area contributed by atoms with Crippen LogP contribution in [0, 0.1) is 0 Å². The van der Waals surface area contributed by atoms with Gasteiger partial charge in [-0.2, -0.15) is 4.31 Å². The summed E-state index contributed by atoms with van der Waals surface area (Å²) in [5, 5.41) is 6.87. The highest BCUT2D eigenvalue weighted by Gasteiger charge is 2.28. The van der Waals surface area contributed by atoms with E-state index in [1.54, 1.807) is 12.1 Å². The van der Waals surface area contributed by atoms with Crippen LogP contribution in [0.15, 0.2) is 23.1 Å². The third-order valence-electron chi connectivity index (χ3n) is 4.81. The van der Waals surface area contributed by atoms with E-state index in [1.807, 2.05) is 6.07 Å². The Kier molecular flexibility index (Phi) is 6.91. The lowest BCUT2D eigenvalue weighted by Gasteiger charge is -2.27. The van der Waals surface area contributed by atoms with Crippen LogP contribution >= 0.6 is 12.2 Å². The summed E-state index contributed by atoms with van der Waals surface area (Å²) in [6.45, 7) is 6.42. The maximum Gasteiger partial charge on any atom is 0.243 e. The van der Waals surface area contributed by atoms with Crippen LogP contribution in [0.5, 0.6) is 0 Å². The standard InChI is InChI=1S/C18H28N4O3S2/c1-2-7-19-18(26)20-16-14-15(5-6-17(16)21-8-3-4-9-21)27(23,24)22-10-12-25-13-11-22/h5-6,14H,2-4,7-13H2,1H3,(H2,19,20,26). The molecule has 0 radical (unpaired) electrons. The molecule has 2 aliphatic heterocycles. The minimum atomic E-state index is -3.55. The first-order valence-corrected chi connectivity index (χ1v) is 11.4. The van der Waals surface area contributed by atoms with Gasteiger partial charge < -0.3 is 20.3 Å². The van der Waals surface area contributed by atoms with Crippen LogP contribution in [0.3, 0.4) is 0 Å². The van der Waals surface area contributed by atoms with Gasteiger partial charge in [-0.25, -0.2) is 8.42 Å². The molecule has 3 rings (SSSR count). The number of benzene rings is 1. The van der Waals surface area contributed by atoms with E-state index < -0.39 is 10.0 Å². The van der Waals surface area contributed by atoms with Crippen LogP contribution in [-0.4, -0.2) is 63.8 Å². The summed E-state index contributed by atoms with van der Waals surface area (Å²) in [4.78, 5) is 2.56. The highest BCUT2D eigenvalue weighted by molar-refractivity contribution is 7.89. The van der Waals surface area contributed by atoms with Crippen LogP contribution < -0.4 is 15.5 Å². The van der Waals surface area contributed by atoms with Crippen LogP contribution in [0.2, 0.25) is 0 Å². The second-order valence-electron chi connectivity index (χ2n) is 6.77. The molecule has 0 atom stereocenters. The van der Waals surface area contributed by atoms with E-state index in [9.17, 15) is 8.42 Å². The molecular formula is C18H28N4O3S2. The van der Waals surface area contributed by atoms with Crippen molar-refractivity contribution in [2.45, 2.75) is 31.1 Å². The molecule has 0 aromatic heterocycles. The summed E-state index contributed by atoms with van der Waals surface area (Å²) in [6.07, 6.45) is 3.25. The van der Waals surface area contributed by atoms with Crippen molar-refractivity contribution in [3.8, 4) is 0 Å². The summed E-state index contributed by atoms with van der Waals surface area (Å²) < 4.78 is 32.8. The lowest BCUT2D eigenvalue weighted by Crippen LogP contribution is -2.40. The fourth-order valence-electron chi connectivity index (χ4n) is 3.35. The minimum Gasteiger partial charge on any atom is -0.379 e. The van der Waals surface area contributed by atoms with Crippen LogP contribution in [0.4, 0.5) is 11.4 Å². The molecule has 2 aliphatic rings. The summed E-state index contributed by atoms with van der Waals surface area (Å²) in [7, 11) is -3.55. The highest BCUT2D eigenvalue weighted by Crippen LogP contribution is 2.32. The van der Waals surface area contributed by atoms with Gasteiger partial charge in [0.05, 0.1) is 29.5 Å². The van der Waals surface area contributed by atoms with E-state index in [0.29, 0.717) is 31.4 Å². The number of rotatable bonds is 6. The van der Waals surface area contributed by atoms with Gasteiger partial charge in [0.2, 0.25) is 10.0 Å². The first-order chi connectivity index (χ1) is 13.0. The monoisotopic (exact) mass is 412 g/mol. The van der Waals surface area contributed by atoms with Gasteiger partial charge in [0.15, 0.2) is 5.11 Å². The lowest BCUT2D eigenvalue weighted by atomic mass is 10.2. The fraction of sp³-hybridized carbons (Fsp3) is 0.611. The zero-order valence-corrected chi connectivity index (χ0v) is 17.4. The second-order valence-corrected chi connectivity index (χ2v) is 9.12. The SMILES string of the molecule is CCCNC(=S)Nc1cc(S(=O)(=O)N2CCOCC2)ccc1N1CCCC1. The van der Waals surface area contributed by atoms with E-state index in [1.165, 1.54) is 4.31 Å². The molecule has 27 heavy (non-hydrogen) atoms. The van der Waals surface area contributed by atoms with Gasteiger partial charge in [-0.1, -0.05) is 6.92 Å². The van der Waals surface area contributed by atoms with Gasteiger partial charge in [0, 0.05) is 32.7 Å². The van der Waals surface area contributed by atoms with Crippen LogP contribution in [0.1, 0.15) is 26.2 Å². The molecular weight excluding hydrogens is 384 g/mol. The Morgan fingerprint density at radius 2 is 1.89 bits per heavy atom. The molecule has 0 aliphatic carbocycles. The largest absolute Gasteiger partial charge is 0.379 e. The molecule has 150 valence electrons. The molecule has 0 saturated carbocycles. The van der Waals surface area contributed by atoms with E-state index in [-0.39, 0.29) is 4.90 Å². The van der Waals surface area contributed by atoms with Crippen molar-refractivity contribution in [3.05, 3.63) is 18.2 Å². The predicted octanol–water partition coefficient (Wildman–Crippen LogP) is 2.00. The van der Waals surface area contributed by atoms with Crippen molar-refractivity contribution < 1.29 is 13.2 Å². The number of sulfonamides is 1. The first-order valence-electron chi connectivity index (χ1n) is 9.54. The summed E-state index contributed by atoms with van der Waals surface area (Å²) in [5.74, 6) is 0. The van der Waals surface area contributed by atoms with Gasteiger partial charge in [0.25, 0.3) is 0 Å². The molecule has 2 N–H and O–H groups in total. The highest BCUT2D eigenvalue weighted by atomic mass is 32.2. The third-order valence-corrected chi connectivity index (χ3v) is 6.95. The van der Waals surface area contributed by atoms with Gasteiger partial charge >= 0.3 is 0 Å². The molecule has 0 amide bonds. The Balaban J connectivity index is 1.89. The van der Waals surface area contributed by atoms with Crippen molar-refractivity contribution in [2.75, 3.05) is 56.2 Å². The number of hydrogen-bond donors (Lipinski definition) is 2. The van der Waals surface area contributed by atoms with E-state index in [4.69, 9.17) is 17.0 Å². The van der Waals surface area contributed by atoms with Gasteiger partial charge in [-0.15, -0.1) is 0 Å². The molecule has 0 spiro atoms. The lowest BCUT2D eigenvalue weighted by molar-refractivity contribution is 0.0730. The Hall–Kier alpha value is -1.42. The van der Waals surface area contributed by atoms with Crippen molar-refractivity contribution >= 4 is 38.7 Å². The summed E-state index contributed by atoms with van der Waals surface area (Å²) in [6, 6.07) is 5.30. The maximum absolute atomic E-state index is 13.0. The van der Waals surface area contributed by atoms with E-state index in [0.717, 1.165) is 50.3 Å². The number of anilines is 2. The number of ether oxygens (including phenoxy) is 1. The number of nitrogens with zero attached hydrogens (tertiary/aromatic N) is 2. The quantitative estimate of drug-likeness (QED) is 0.693. The Bertz CT molecular complexity index is 758. The average molecular weight is 413 g/mol. The third kappa shape index (κ3) is 4.90. The topological polar surface area (TPSA) is 73.9 Å². The predicted molar refractivity (Wildman–Crippen MR) is 112 cm³/mol. The molecule has 2 fully saturated rings. The molecule has 2 saturated heterocycles. The number of hydrogen-bond acceptors (Lipinski definition) is 5. The van der Waals surface area contributed by atoms with Crippen molar-refractivity contribution in [2.24, 2.45) is 0 Å². The van der Waals surface area contributed by atoms with Gasteiger partial charge in [0.1, 0.15) is 0 Å². The van der Waals surface area contributed by atoms with Gasteiger partial charge in [-0.05, 0) is 49.7 Å². The fourth-order valence-corrected chi connectivity index (χ4v) is 5.00. The van der Waals surface area contributed by atoms with Crippen molar-refractivity contribution in [3.63, 3.8) is 0 Å². The zero-order valence-electron chi connectivity index (χ0n) is 15.7. The van der Waals surface area contributed by atoms with Crippen LogP contribution in [0.25, 0.3) is 0 Å². The Morgan fingerprint density at radius 1 is 1.19 bits per heavy atom. The number of thiocarbonyl (C=S) groups is 1. The normalized spacial score (nSPS) is 18.5. The van der Waals surface area contributed by atoms with E-state index in [2.05, 4.69) is 22.5 Å². The van der Waals surface area contributed by atoms with Crippen molar-refractivity contribution in [1.82, 2.24) is 9.62 Å². The zero-order chi connectivity index (χ0) is 19.3. The van der Waals surface area contributed by atoms with E-state index >= 15 is 0 Å². The molecule has 7 nitrogen and oxygen atoms in total. The maximum atomic E-state index is 13.0. The number of nitrogens with one attached hydrogen (secondary N) is 2. The Morgan fingerprint density at radius 3 is 2.56 bits per heavy atom. The first kappa shape index (κ1) is 20.3. The number of morpholine rings is 1. The summed E-state index contributed by atoms with van der Waals surface area (Å²) >= 11 is 5.38. The molecule has 0 unspecified atom stereocenters. The molecule has 1 aromatic rings. The average Bonchev–Trinajstić information content (AvgIpc) is 3.21. The minimum absolute atomic E-state index is 0.285. The van der Waals surface area contributed by atoms with Gasteiger partial charge in [-0.3, -0.25) is 0 Å². The molecule has 9 heteroatoms. The Labute approximate surface area is 167 Å². The summed E-state index contributed by atoms with van der Waals surface area (Å²) in [5.41, 5.74) is 1.73.